The average molecular weight is 436 g/mol. The van der Waals surface area contributed by atoms with Crippen LogP contribution in [-0.2, 0) is 21.2 Å². The Labute approximate surface area is 173 Å². The summed E-state index contributed by atoms with van der Waals surface area (Å²) < 4.78 is 55.6. The fourth-order valence-electron chi connectivity index (χ4n) is 4.39. The molecule has 6 nitrogen and oxygen atoms in total. The number of fused-ring (bicyclic) bond motifs is 1. The van der Waals surface area contributed by atoms with Crippen molar-refractivity contribution >= 4 is 21.6 Å². The number of hydrogen-bond donors (Lipinski definition) is 1. The van der Waals surface area contributed by atoms with Gasteiger partial charge in [-0.15, -0.1) is 0 Å². The minimum atomic E-state index is -4.03. The molecule has 0 spiro atoms. The number of aromatic hydroxyl groups is 1. The molecule has 0 aliphatic carbocycles. The predicted octanol–water partition coefficient (Wildman–Crippen LogP) is 3.11. The van der Waals surface area contributed by atoms with Crippen molar-refractivity contribution < 1.29 is 27.1 Å². The summed E-state index contributed by atoms with van der Waals surface area (Å²) in [6.45, 7) is 3.51. The lowest BCUT2D eigenvalue weighted by molar-refractivity contribution is -0.121. The normalized spacial score (nSPS) is 21.8. The van der Waals surface area contributed by atoms with Crippen molar-refractivity contribution in [3.05, 3.63) is 53.1 Å². The lowest BCUT2D eigenvalue weighted by atomic mass is 10.1. The molecule has 9 heteroatoms. The zero-order valence-electron chi connectivity index (χ0n) is 16.6. The van der Waals surface area contributed by atoms with E-state index in [-0.39, 0.29) is 34.9 Å². The number of amides is 1. The number of phenols is 1. The minimum Gasteiger partial charge on any atom is -0.508 e. The van der Waals surface area contributed by atoms with Gasteiger partial charge >= 0.3 is 0 Å². The molecule has 160 valence electrons. The van der Waals surface area contributed by atoms with Crippen LogP contribution in [0.15, 0.2) is 35.2 Å². The molecule has 2 aromatic rings. The van der Waals surface area contributed by atoms with Gasteiger partial charge in [0, 0.05) is 24.2 Å². The first-order chi connectivity index (χ1) is 14.1. The summed E-state index contributed by atoms with van der Waals surface area (Å²) in [7, 11) is -4.03. The van der Waals surface area contributed by atoms with Gasteiger partial charge in [0.15, 0.2) is 11.6 Å². The number of carbonyl (C=O) groups excluding carboxylic acids is 1. The third-order valence-electron chi connectivity index (χ3n) is 5.86. The van der Waals surface area contributed by atoms with Gasteiger partial charge < -0.3 is 10.0 Å². The third-order valence-corrected chi connectivity index (χ3v) is 7.91. The highest BCUT2D eigenvalue weighted by Crippen LogP contribution is 2.38. The first-order valence-electron chi connectivity index (χ1n) is 9.74. The van der Waals surface area contributed by atoms with Crippen LogP contribution in [0.5, 0.6) is 5.75 Å². The van der Waals surface area contributed by atoms with Gasteiger partial charge in [0.1, 0.15) is 11.8 Å². The van der Waals surface area contributed by atoms with Gasteiger partial charge in [-0.3, -0.25) is 4.79 Å². The number of carbonyl (C=O) groups is 1. The standard InChI is InChI=1S/C21H22F2N2O4S/c1-12-5-6-14(26)11-19(12)30(28,29)24-9-3-4-18(24)21(27)25-13(2)10-15-17(25)8-7-16(22)20(15)23/h5-8,11,13,18,26H,3-4,9-10H2,1-2H3/t13?,18-/m0/s1. The summed E-state index contributed by atoms with van der Waals surface area (Å²) in [5.74, 6) is -2.58. The molecule has 30 heavy (non-hydrogen) atoms. The maximum absolute atomic E-state index is 14.2. The average Bonchev–Trinajstić information content (AvgIpc) is 3.31. The van der Waals surface area contributed by atoms with Gasteiger partial charge in [-0.25, -0.2) is 17.2 Å². The number of sulfonamides is 1. The van der Waals surface area contributed by atoms with Crippen molar-refractivity contribution in [1.29, 1.82) is 0 Å². The largest absolute Gasteiger partial charge is 0.508 e. The monoisotopic (exact) mass is 436 g/mol. The number of phenolic OH excluding ortho intramolecular Hbond substituents is 1. The fourth-order valence-corrected chi connectivity index (χ4v) is 6.29. The van der Waals surface area contributed by atoms with E-state index >= 15 is 0 Å². The van der Waals surface area contributed by atoms with Gasteiger partial charge in [-0.1, -0.05) is 6.07 Å². The van der Waals surface area contributed by atoms with Crippen LogP contribution in [0, 0.1) is 18.6 Å². The number of halogens is 2. The Hall–Kier alpha value is -2.52. The van der Waals surface area contributed by atoms with Crippen molar-refractivity contribution in [3.63, 3.8) is 0 Å². The molecule has 1 saturated heterocycles. The lowest BCUT2D eigenvalue weighted by Gasteiger charge is -2.30. The van der Waals surface area contributed by atoms with Gasteiger partial charge in [-0.2, -0.15) is 4.31 Å². The number of rotatable bonds is 3. The van der Waals surface area contributed by atoms with Gasteiger partial charge in [0.2, 0.25) is 15.9 Å². The summed E-state index contributed by atoms with van der Waals surface area (Å²) >= 11 is 0. The van der Waals surface area contributed by atoms with E-state index in [1.807, 2.05) is 0 Å². The predicted molar refractivity (Wildman–Crippen MR) is 107 cm³/mol. The van der Waals surface area contributed by atoms with Crippen LogP contribution in [0.2, 0.25) is 0 Å². The third kappa shape index (κ3) is 3.16. The van der Waals surface area contributed by atoms with E-state index in [0.29, 0.717) is 18.4 Å². The molecular formula is C21H22F2N2O4S. The summed E-state index contributed by atoms with van der Waals surface area (Å²) in [4.78, 5) is 14.7. The van der Waals surface area contributed by atoms with Crippen molar-refractivity contribution in [1.82, 2.24) is 4.31 Å². The minimum absolute atomic E-state index is 0.0508. The van der Waals surface area contributed by atoms with Gasteiger partial charge in [0.05, 0.1) is 10.6 Å². The highest BCUT2D eigenvalue weighted by Gasteiger charge is 2.45. The van der Waals surface area contributed by atoms with Gasteiger partial charge in [-0.05, 0) is 56.9 Å². The molecule has 2 aliphatic rings. The van der Waals surface area contributed by atoms with Crippen molar-refractivity contribution in [2.75, 3.05) is 11.4 Å². The van der Waals surface area contributed by atoms with Crippen LogP contribution < -0.4 is 4.90 Å². The van der Waals surface area contributed by atoms with E-state index in [1.54, 1.807) is 13.8 Å². The molecule has 2 heterocycles. The van der Waals surface area contributed by atoms with Crippen molar-refractivity contribution in [2.24, 2.45) is 0 Å². The van der Waals surface area contributed by atoms with Crippen molar-refractivity contribution in [3.8, 4) is 5.75 Å². The Balaban J connectivity index is 1.70. The summed E-state index contributed by atoms with van der Waals surface area (Å²) in [5.41, 5.74) is 0.875. The van der Waals surface area contributed by atoms with E-state index in [0.717, 1.165) is 10.4 Å². The SMILES string of the molecule is Cc1ccc(O)cc1S(=O)(=O)N1CCC[C@H]1C(=O)N1c2ccc(F)c(F)c2CC1C. The quantitative estimate of drug-likeness (QED) is 0.802. The van der Waals surface area contributed by atoms with E-state index in [9.17, 15) is 27.1 Å². The van der Waals surface area contributed by atoms with E-state index in [4.69, 9.17) is 0 Å². The van der Waals surface area contributed by atoms with E-state index in [2.05, 4.69) is 0 Å². The molecule has 1 amide bonds. The Morgan fingerprint density at radius 1 is 1.20 bits per heavy atom. The first-order valence-corrected chi connectivity index (χ1v) is 11.2. The molecule has 0 bridgehead atoms. The molecular weight excluding hydrogens is 414 g/mol. The van der Waals surface area contributed by atoms with Crippen molar-refractivity contribution in [2.45, 2.75) is 50.1 Å². The summed E-state index contributed by atoms with van der Waals surface area (Å²) in [6.07, 6.45) is 0.994. The smallest absolute Gasteiger partial charge is 0.245 e. The first kappa shape index (κ1) is 20.7. The molecule has 0 aromatic heterocycles. The summed E-state index contributed by atoms with van der Waals surface area (Å²) in [5, 5.41) is 9.76. The molecule has 1 unspecified atom stereocenters. The molecule has 2 atom stereocenters. The fraction of sp³-hybridized carbons (Fsp3) is 0.381. The van der Waals surface area contributed by atoms with Crippen LogP contribution in [0.1, 0.15) is 30.9 Å². The maximum atomic E-state index is 14.2. The van der Waals surface area contributed by atoms with E-state index in [1.165, 1.54) is 29.2 Å². The number of aryl methyl sites for hydroxylation is 1. The zero-order chi connectivity index (χ0) is 21.8. The molecule has 0 radical (unpaired) electrons. The number of nitrogens with zero attached hydrogens (tertiary/aromatic N) is 2. The Morgan fingerprint density at radius 3 is 2.67 bits per heavy atom. The number of hydrogen-bond acceptors (Lipinski definition) is 4. The van der Waals surface area contributed by atoms with Crippen LogP contribution >= 0.6 is 0 Å². The zero-order valence-corrected chi connectivity index (χ0v) is 17.4. The van der Waals surface area contributed by atoms with Crippen LogP contribution in [0.3, 0.4) is 0 Å². The molecule has 4 rings (SSSR count). The molecule has 1 fully saturated rings. The Bertz CT molecular complexity index is 1140. The second-order valence-electron chi connectivity index (χ2n) is 7.84. The number of benzene rings is 2. The number of anilines is 1. The second-order valence-corrected chi connectivity index (χ2v) is 9.70. The van der Waals surface area contributed by atoms with Crippen LogP contribution in [0.25, 0.3) is 0 Å². The Morgan fingerprint density at radius 2 is 1.93 bits per heavy atom. The Kier molecular flexibility index (Phi) is 5.06. The summed E-state index contributed by atoms with van der Waals surface area (Å²) in [6, 6.07) is 5.06. The van der Waals surface area contributed by atoms with Crippen LogP contribution in [-0.4, -0.2) is 42.4 Å². The lowest BCUT2D eigenvalue weighted by Crippen LogP contribution is -2.49. The topological polar surface area (TPSA) is 77.9 Å². The van der Waals surface area contributed by atoms with E-state index < -0.39 is 39.6 Å². The molecule has 2 aliphatic heterocycles. The van der Waals surface area contributed by atoms with Gasteiger partial charge in [0.25, 0.3) is 0 Å². The second kappa shape index (κ2) is 7.31. The molecule has 0 saturated carbocycles. The van der Waals surface area contributed by atoms with Crippen LogP contribution in [0.4, 0.5) is 14.5 Å². The maximum Gasteiger partial charge on any atom is 0.245 e. The molecule has 1 N–H and O–H groups in total. The molecule has 2 aromatic carbocycles. The highest BCUT2D eigenvalue weighted by molar-refractivity contribution is 7.89. The highest BCUT2D eigenvalue weighted by atomic mass is 32.2.